The summed E-state index contributed by atoms with van der Waals surface area (Å²) in [5.41, 5.74) is 2.48. The van der Waals surface area contributed by atoms with Gasteiger partial charge in [-0.3, -0.25) is 4.79 Å². The molecule has 2 nitrogen and oxygen atoms in total. The lowest BCUT2D eigenvalue weighted by Crippen LogP contribution is -2.51. The summed E-state index contributed by atoms with van der Waals surface area (Å²) in [6.07, 6.45) is 44.2. The average molecular weight is 687 g/mol. The van der Waals surface area contributed by atoms with Crippen molar-refractivity contribution in [1.29, 1.82) is 0 Å². The summed E-state index contributed by atoms with van der Waals surface area (Å²) in [4.78, 5) is 12.8. The highest BCUT2D eigenvalue weighted by molar-refractivity contribution is 5.69. The minimum atomic E-state index is 0.0298. The number of fused-ring (bicyclic) bond motifs is 5. The van der Waals surface area contributed by atoms with E-state index in [1.54, 1.807) is 5.57 Å². The van der Waals surface area contributed by atoms with Gasteiger partial charge in [-0.15, -0.1) is 0 Å². The second-order valence-corrected chi connectivity index (χ2v) is 17.9. The Hall–Kier alpha value is -1.83. The highest BCUT2D eigenvalue weighted by Crippen LogP contribution is 2.67. The van der Waals surface area contributed by atoms with Crippen LogP contribution in [0.15, 0.2) is 60.3 Å². The van der Waals surface area contributed by atoms with E-state index in [-0.39, 0.29) is 12.1 Å². The molecular formula is C48H78O2. The van der Waals surface area contributed by atoms with Crippen molar-refractivity contribution in [2.75, 3.05) is 0 Å². The maximum atomic E-state index is 12.8. The van der Waals surface area contributed by atoms with Crippen molar-refractivity contribution >= 4 is 5.97 Å². The molecule has 3 fully saturated rings. The van der Waals surface area contributed by atoms with Gasteiger partial charge in [0.2, 0.25) is 0 Å². The van der Waals surface area contributed by atoms with Gasteiger partial charge in [-0.05, 0) is 149 Å². The lowest BCUT2D eigenvalue weighted by atomic mass is 9.47. The van der Waals surface area contributed by atoms with Crippen molar-refractivity contribution < 1.29 is 9.53 Å². The van der Waals surface area contributed by atoms with Gasteiger partial charge in [0.15, 0.2) is 0 Å². The Kier molecular flexibility index (Phi) is 16.7. The lowest BCUT2D eigenvalue weighted by molar-refractivity contribution is -0.151. The molecule has 4 aliphatic rings. The van der Waals surface area contributed by atoms with Gasteiger partial charge < -0.3 is 4.74 Å². The fraction of sp³-hybridized carbons (Fsp3) is 0.771. The molecule has 0 aromatic rings. The molecular weight excluding hydrogens is 609 g/mol. The van der Waals surface area contributed by atoms with Crippen molar-refractivity contribution in [1.82, 2.24) is 0 Å². The van der Waals surface area contributed by atoms with E-state index in [0.717, 1.165) is 106 Å². The molecule has 4 aliphatic carbocycles. The van der Waals surface area contributed by atoms with E-state index in [4.69, 9.17) is 4.74 Å². The van der Waals surface area contributed by atoms with Gasteiger partial charge in [0.1, 0.15) is 6.10 Å². The lowest BCUT2D eigenvalue weighted by Gasteiger charge is -2.58. The van der Waals surface area contributed by atoms with Gasteiger partial charge in [0, 0.05) is 12.8 Å². The van der Waals surface area contributed by atoms with E-state index in [1.165, 1.54) is 57.8 Å². The van der Waals surface area contributed by atoms with Crippen LogP contribution in [-0.4, -0.2) is 12.1 Å². The third-order valence-electron chi connectivity index (χ3n) is 14.5. The average Bonchev–Trinajstić information content (AvgIpc) is 3.45. The Balaban J connectivity index is 1.15. The molecule has 9 atom stereocenters. The van der Waals surface area contributed by atoms with Crippen molar-refractivity contribution in [3.05, 3.63) is 60.3 Å². The summed E-state index contributed by atoms with van der Waals surface area (Å²) in [6, 6.07) is 0. The number of allylic oxidation sites excluding steroid dienone is 9. The maximum Gasteiger partial charge on any atom is 0.306 e. The zero-order chi connectivity index (χ0) is 36.0. The maximum absolute atomic E-state index is 12.8. The Morgan fingerprint density at radius 2 is 1.52 bits per heavy atom. The van der Waals surface area contributed by atoms with Gasteiger partial charge in [0.25, 0.3) is 0 Å². The van der Waals surface area contributed by atoms with Gasteiger partial charge in [-0.1, -0.05) is 128 Å². The Morgan fingerprint density at radius 3 is 2.20 bits per heavy atom. The fourth-order valence-electron chi connectivity index (χ4n) is 11.4. The number of hydrogen-bond acceptors (Lipinski definition) is 2. The smallest absolute Gasteiger partial charge is 0.306 e. The molecule has 0 heterocycles. The first-order chi connectivity index (χ1) is 24.1. The third-order valence-corrected chi connectivity index (χ3v) is 14.5. The van der Waals surface area contributed by atoms with E-state index in [0.29, 0.717) is 17.3 Å². The molecule has 2 heteroatoms. The molecule has 0 aliphatic heterocycles. The highest BCUT2D eigenvalue weighted by atomic mass is 16.5. The van der Waals surface area contributed by atoms with E-state index >= 15 is 0 Å². The number of esters is 1. The largest absolute Gasteiger partial charge is 0.462 e. The van der Waals surface area contributed by atoms with Crippen molar-refractivity contribution in [2.24, 2.45) is 52.3 Å². The number of ether oxygens (including phenoxy) is 1. The van der Waals surface area contributed by atoms with Crippen LogP contribution < -0.4 is 0 Å². The number of carbonyl (C=O) groups is 1. The summed E-state index contributed by atoms with van der Waals surface area (Å²) >= 11 is 0. The van der Waals surface area contributed by atoms with Crippen LogP contribution in [0.5, 0.6) is 0 Å². The molecule has 50 heavy (non-hydrogen) atoms. The summed E-state index contributed by atoms with van der Waals surface area (Å²) in [7, 11) is 0. The van der Waals surface area contributed by atoms with E-state index < -0.39 is 0 Å². The minimum Gasteiger partial charge on any atom is -0.462 e. The predicted octanol–water partition coefficient (Wildman–Crippen LogP) is 14.3. The Bertz CT molecular complexity index is 1170. The number of unbranched alkanes of at least 4 members (excludes halogenated alkanes) is 3. The monoisotopic (exact) mass is 687 g/mol. The van der Waals surface area contributed by atoms with Gasteiger partial charge in [0.05, 0.1) is 0 Å². The standard InChI is InChI=1S/C48H78O2/c1-8-10-11-12-13-14-15-16-17-18-19-20-21-22-23-24-25-46(49)50-41-32-34-47(6)40(36-41)28-29-42-44-31-30-43(48(44,7)35-33-45(42)47)38(5)26-27-39(9-2)37(3)4/h10-11,13-14,16-17,19-20,28,37-39,41-45H,8-9,12,15,18,21-27,29-36H2,1-7H3/b11-10+,14-13+,17-16+,20-19+. The van der Waals surface area contributed by atoms with Crippen LogP contribution in [0.3, 0.4) is 0 Å². The zero-order valence-electron chi connectivity index (χ0n) is 33.8. The summed E-state index contributed by atoms with van der Waals surface area (Å²) in [5.74, 6) is 6.07. The van der Waals surface area contributed by atoms with Crippen LogP contribution in [0.1, 0.15) is 177 Å². The molecule has 0 saturated heterocycles. The number of hydrogen-bond donors (Lipinski definition) is 0. The Morgan fingerprint density at radius 1 is 0.820 bits per heavy atom. The van der Waals surface area contributed by atoms with Crippen LogP contribution in [-0.2, 0) is 9.53 Å². The quantitative estimate of drug-likeness (QED) is 0.0724. The fourth-order valence-corrected chi connectivity index (χ4v) is 11.4. The van der Waals surface area contributed by atoms with Gasteiger partial charge in [-0.2, -0.15) is 0 Å². The second-order valence-electron chi connectivity index (χ2n) is 17.9. The van der Waals surface area contributed by atoms with Crippen molar-refractivity contribution in [2.45, 2.75) is 183 Å². The molecule has 4 rings (SSSR count). The molecule has 0 aromatic carbocycles. The molecule has 282 valence electrons. The number of rotatable bonds is 20. The molecule has 0 radical (unpaired) electrons. The first-order valence-electron chi connectivity index (χ1n) is 21.6. The van der Waals surface area contributed by atoms with Crippen LogP contribution in [0, 0.1) is 52.3 Å². The first-order valence-corrected chi connectivity index (χ1v) is 21.6. The normalized spacial score (nSPS) is 32.5. The first kappa shape index (κ1) is 40.9. The van der Waals surface area contributed by atoms with Crippen LogP contribution >= 0.6 is 0 Å². The van der Waals surface area contributed by atoms with E-state index in [1.807, 2.05) is 0 Å². The van der Waals surface area contributed by atoms with Gasteiger partial charge in [-0.25, -0.2) is 0 Å². The third kappa shape index (κ3) is 10.9. The van der Waals surface area contributed by atoms with E-state index in [2.05, 4.69) is 103 Å². The molecule has 0 aromatic heterocycles. The zero-order valence-corrected chi connectivity index (χ0v) is 33.8. The highest BCUT2D eigenvalue weighted by Gasteiger charge is 2.59. The molecule has 0 spiro atoms. The topological polar surface area (TPSA) is 26.3 Å². The van der Waals surface area contributed by atoms with E-state index in [9.17, 15) is 4.79 Å². The molecule has 0 N–H and O–H groups in total. The second kappa shape index (κ2) is 20.4. The number of carbonyl (C=O) groups excluding carboxylic acids is 1. The van der Waals surface area contributed by atoms with Crippen LogP contribution in [0.25, 0.3) is 0 Å². The summed E-state index contributed by atoms with van der Waals surface area (Å²) < 4.78 is 6.12. The van der Waals surface area contributed by atoms with Crippen molar-refractivity contribution in [3.8, 4) is 0 Å². The van der Waals surface area contributed by atoms with Crippen molar-refractivity contribution in [3.63, 3.8) is 0 Å². The minimum absolute atomic E-state index is 0.0298. The van der Waals surface area contributed by atoms with Crippen LogP contribution in [0.4, 0.5) is 0 Å². The SMILES string of the molecule is CC/C=C/C/C=C/C/C=C/C/C=C/CCCCCC(=O)OC1CCC2(C)C(=CCC3C2CCC2(C)C(C(C)CCC(CC)C(C)C)CCC32)C1. The summed E-state index contributed by atoms with van der Waals surface area (Å²) in [6.45, 7) is 17.3. The molecule has 9 unspecified atom stereocenters. The Labute approximate surface area is 310 Å². The molecule has 0 bridgehead atoms. The summed E-state index contributed by atoms with van der Waals surface area (Å²) in [5, 5.41) is 0. The predicted molar refractivity (Wildman–Crippen MR) is 216 cm³/mol. The van der Waals surface area contributed by atoms with Crippen LogP contribution in [0.2, 0.25) is 0 Å². The molecule has 0 amide bonds. The van der Waals surface area contributed by atoms with Gasteiger partial charge >= 0.3 is 5.97 Å². The molecule has 3 saturated carbocycles.